The number of nitrogens with one attached hydrogen (secondary N) is 1. The van der Waals surface area contributed by atoms with Gasteiger partial charge in [-0.2, -0.15) is 0 Å². The van der Waals surface area contributed by atoms with E-state index in [9.17, 15) is 9.90 Å². The molecule has 106 valence electrons. The number of amides is 1. The van der Waals surface area contributed by atoms with Gasteiger partial charge in [-0.3, -0.25) is 4.79 Å². The fourth-order valence-corrected chi connectivity index (χ4v) is 2.23. The molecule has 3 aromatic rings. The number of fused-ring (bicyclic) bond motifs is 1. The molecule has 1 aromatic carbocycles. The van der Waals surface area contributed by atoms with Crippen LogP contribution in [0.2, 0.25) is 0 Å². The van der Waals surface area contributed by atoms with E-state index in [0.29, 0.717) is 11.4 Å². The molecule has 0 spiro atoms. The van der Waals surface area contributed by atoms with Crippen molar-refractivity contribution in [2.24, 2.45) is 0 Å². The molecule has 3 rings (SSSR count). The van der Waals surface area contributed by atoms with Gasteiger partial charge in [0.2, 0.25) is 0 Å². The molecule has 0 fully saturated rings. The van der Waals surface area contributed by atoms with Gasteiger partial charge in [0.05, 0.1) is 0 Å². The number of benzene rings is 1. The molecule has 21 heavy (non-hydrogen) atoms. The van der Waals surface area contributed by atoms with Gasteiger partial charge in [0, 0.05) is 17.6 Å². The Morgan fingerprint density at radius 1 is 1.24 bits per heavy atom. The Bertz CT molecular complexity index is 837. The fraction of sp³-hybridized carbons (Fsp3) is 0.125. The van der Waals surface area contributed by atoms with Gasteiger partial charge in [-0.1, -0.05) is 6.07 Å². The molecule has 0 aliphatic carbocycles. The number of nitrogens with zero attached hydrogens (tertiary/aromatic N) is 2. The minimum absolute atomic E-state index is 0.175. The maximum absolute atomic E-state index is 12.3. The van der Waals surface area contributed by atoms with E-state index in [1.807, 2.05) is 36.4 Å². The van der Waals surface area contributed by atoms with Gasteiger partial charge in [0.15, 0.2) is 0 Å². The Balaban J connectivity index is 1.92. The van der Waals surface area contributed by atoms with E-state index in [4.69, 9.17) is 0 Å². The number of carbonyl (C=O) groups excluding carboxylic acids is 1. The molecule has 0 atom stereocenters. The number of phenols is 1. The quantitative estimate of drug-likeness (QED) is 0.710. The lowest BCUT2D eigenvalue weighted by atomic mass is 10.2. The van der Waals surface area contributed by atoms with Crippen molar-refractivity contribution in [2.45, 2.75) is 13.8 Å². The second kappa shape index (κ2) is 4.94. The van der Waals surface area contributed by atoms with Crippen molar-refractivity contribution in [2.75, 3.05) is 5.32 Å². The third-order valence-corrected chi connectivity index (χ3v) is 3.39. The highest BCUT2D eigenvalue weighted by Crippen LogP contribution is 2.20. The van der Waals surface area contributed by atoms with Crippen LogP contribution in [0.5, 0.6) is 5.75 Å². The Morgan fingerprint density at radius 2 is 2.05 bits per heavy atom. The first kappa shape index (κ1) is 13.2. The van der Waals surface area contributed by atoms with Gasteiger partial charge in [-0.05, 0) is 49.7 Å². The van der Waals surface area contributed by atoms with Crippen molar-refractivity contribution in [3.05, 3.63) is 59.5 Å². The Hall–Kier alpha value is -2.82. The first-order valence-electron chi connectivity index (χ1n) is 6.60. The molecular formula is C16H15N3O2. The Kier molecular flexibility index (Phi) is 3.10. The summed E-state index contributed by atoms with van der Waals surface area (Å²) < 4.78 is 1.87. The number of hydrogen-bond donors (Lipinski definition) is 2. The number of pyridine rings is 1. The van der Waals surface area contributed by atoms with E-state index in [1.165, 1.54) is 6.07 Å². The summed E-state index contributed by atoms with van der Waals surface area (Å²) in [6, 6.07) is 10.5. The van der Waals surface area contributed by atoms with Crippen LogP contribution in [0.1, 0.15) is 21.7 Å². The third-order valence-electron chi connectivity index (χ3n) is 3.39. The second-order valence-electron chi connectivity index (χ2n) is 4.97. The summed E-state index contributed by atoms with van der Waals surface area (Å²) in [6.07, 6.45) is 1.72. The smallest absolute Gasteiger partial charge is 0.275 e. The summed E-state index contributed by atoms with van der Waals surface area (Å²) in [6.45, 7) is 3.78. The van der Waals surface area contributed by atoms with Crippen LogP contribution in [0.3, 0.4) is 0 Å². The number of phenolic OH excluding ortho intramolecular Hbond substituents is 1. The lowest BCUT2D eigenvalue weighted by molar-refractivity contribution is 0.102. The van der Waals surface area contributed by atoms with E-state index in [2.05, 4.69) is 10.3 Å². The first-order chi connectivity index (χ1) is 10.0. The number of rotatable bonds is 2. The van der Waals surface area contributed by atoms with E-state index < -0.39 is 0 Å². The number of anilines is 1. The van der Waals surface area contributed by atoms with Gasteiger partial charge >= 0.3 is 0 Å². The van der Waals surface area contributed by atoms with Crippen LogP contribution in [0, 0.1) is 13.8 Å². The fourth-order valence-electron chi connectivity index (χ4n) is 2.23. The normalized spacial score (nSPS) is 10.8. The van der Waals surface area contributed by atoms with Crippen molar-refractivity contribution in [3.8, 4) is 5.75 Å². The molecule has 0 unspecified atom stereocenters. The van der Waals surface area contributed by atoms with Crippen LogP contribution in [0.25, 0.3) is 5.65 Å². The van der Waals surface area contributed by atoms with Gasteiger partial charge in [0.1, 0.15) is 17.1 Å². The highest BCUT2D eigenvalue weighted by atomic mass is 16.3. The molecular weight excluding hydrogens is 266 g/mol. The summed E-state index contributed by atoms with van der Waals surface area (Å²) in [4.78, 5) is 16.6. The van der Waals surface area contributed by atoms with Gasteiger partial charge < -0.3 is 14.8 Å². The predicted molar refractivity (Wildman–Crippen MR) is 80.7 cm³/mol. The number of carbonyl (C=O) groups is 1. The van der Waals surface area contributed by atoms with Crippen molar-refractivity contribution in [1.29, 1.82) is 0 Å². The first-order valence-corrected chi connectivity index (χ1v) is 6.60. The molecule has 0 aliphatic rings. The Morgan fingerprint density at radius 3 is 2.76 bits per heavy atom. The molecule has 5 nitrogen and oxygen atoms in total. The van der Waals surface area contributed by atoms with E-state index in [1.54, 1.807) is 18.3 Å². The maximum atomic E-state index is 12.3. The van der Waals surface area contributed by atoms with Crippen LogP contribution in [0.4, 0.5) is 5.69 Å². The van der Waals surface area contributed by atoms with Crippen molar-refractivity contribution < 1.29 is 9.90 Å². The molecule has 5 heteroatoms. The van der Waals surface area contributed by atoms with Crippen LogP contribution in [-0.4, -0.2) is 20.4 Å². The standard InChI is InChI=1S/C16H15N3O2/c1-10-8-12(20)6-7-13(10)18-16(21)14-9-19-11(2)4-3-5-15(19)17-14/h3-9,20H,1-2H3,(H,18,21). The zero-order valence-corrected chi connectivity index (χ0v) is 11.8. The van der Waals surface area contributed by atoms with E-state index >= 15 is 0 Å². The minimum Gasteiger partial charge on any atom is -0.508 e. The van der Waals surface area contributed by atoms with Crippen molar-refractivity contribution in [3.63, 3.8) is 0 Å². The summed E-state index contributed by atoms with van der Waals surface area (Å²) in [5.74, 6) is -0.0965. The minimum atomic E-state index is -0.271. The number of aromatic hydroxyl groups is 1. The highest BCUT2D eigenvalue weighted by molar-refractivity contribution is 6.03. The van der Waals surface area contributed by atoms with E-state index in [0.717, 1.165) is 16.9 Å². The number of imidazole rings is 1. The molecule has 2 aromatic heterocycles. The SMILES string of the molecule is Cc1cc(O)ccc1NC(=O)c1cn2c(C)cccc2n1. The zero-order valence-electron chi connectivity index (χ0n) is 11.8. The lowest BCUT2D eigenvalue weighted by Crippen LogP contribution is -2.13. The summed E-state index contributed by atoms with van der Waals surface area (Å²) in [7, 11) is 0. The molecule has 0 bridgehead atoms. The van der Waals surface area contributed by atoms with E-state index in [-0.39, 0.29) is 11.7 Å². The molecule has 0 saturated heterocycles. The molecule has 2 heterocycles. The molecule has 0 saturated carbocycles. The number of aromatic nitrogens is 2. The Labute approximate surface area is 121 Å². The number of aryl methyl sites for hydroxylation is 2. The summed E-state index contributed by atoms with van der Waals surface area (Å²) >= 11 is 0. The van der Waals surface area contributed by atoms with Gasteiger partial charge in [-0.15, -0.1) is 0 Å². The summed E-state index contributed by atoms with van der Waals surface area (Å²) in [5, 5.41) is 12.2. The van der Waals surface area contributed by atoms with Crippen LogP contribution >= 0.6 is 0 Å². The van der Waals surface area contributed by atoms with Crippen LogP contribution in [-0.2, 0) is 0 Å². The van der Waals surface area contributed by atoms with Gasteiger partial charge in [0.25, 0.3) is 5.91 Å². The number of hydrogen-bond acceptors (Lipinski definition) is 3. The lowest BCUT2D eigenvalue weighted by Gasteiger charge is -2.07. The average molecular weight is 281 g/mol. The van der Waals surface area contributed by atoms with Crippen molar-refractivity contribution >= 4 is 17.2 Å². The average Bonchev–Trinajstić information content (AvgIpc) is 2.87. The second-order valence-corrected chi connectivity index (χ2v) is 4.97. The van der Waals surface area contributed by atoms with Gasteiger partial charge in [-0.25, -0.2) is 4.98 Å². The predicted octanol–water partition coefficient (Wildman–Crippen LogP) is 2.91. The molecule has 1 amide bonds. The summed E-state index contributed by atoms with van der Waals surface area (Å²) in [5.41, 5.74) is 3.56. The molecule has 0 radical (unpaired) electrons. The molecule has 0 aliphatic heterocycles. The molecule has 2 N–H and O–H groups in total. The van der Waals surface area contributed by atoms with Crippen molar-refractivity contribution in [1.82, 2.24) is 9.38 Å². The van der Waals surface area contributed by atoms with Crippen LogP contribution < -0.4 is 5.32 Å². The monoisotopic (exact) mass is 281 g/mol. The maximum Gasteiger partial charge on any atom is 0.275 e. The largest absolute Gasteiger partial charge is 0.508 e. The highest BCUT2D eigenvalue weighted by Gasteiger charge is 2.12. The third kappa shape index (κ3) is 2.45. The topological polar surface area (TPSA) is 66.6 Å². The zero-order chi connectivity index (χ0) is 15.0. The van der Waals surface area contributed by atoms with Crippen LogP contribution in [0.15, 0.2) is 42.6 Å².